The van der Waals surface area contributed by atoms with Gasteiger partial charge in [0, 0.05) is 0 Å². The number of benzene rings is 1. The summed E-state index contributed by atoms with van der Waals surface area (Å²) in [6.07, 6.45) is -3.08. The molecule has 0 aliphatic heterocycles. The first-order valence-electron chi connectivity index (χ1n) is 8.45. The number of rotatable bonds is 3. The smallest absolute Gasteiger partial charge is 0.471 e. The van der Waals surface area contributed by atoms with Gasteiger partial charge in [-0.25, -0.2) is 4.98 Å². The lowest BCUT2D eigenvalue weighted by atomic mass is 9.78. The predicted molar refractivity (Wildman–Crippen MR) is 91.3 cm³/mol. The Morgan fingerprint density at radius 1 is 1.26 bits per heavy atom. The molecule has 1 aromatic heterocycles. The maximum Gasteiger partial charge on any atom is 0.471 e. The van der Waals surface area contributed by atoms with Crippen LogP contribution in [-0.2, 0) is 4.79 Å². The van der Waals surface area contributed by atoms with E-state index in [2.05, 4.69) is 9.97 Å². The van der Waals surface area contributed by atoms with E-state index in [1.165, 1.54) is 0 Å². The SMILES string of the molecule is N#C/C(=C(/O)C1(NC(=O)C(F)(F)F)CCCCC1)c1nc2ccccc2[nH]1. The highest BCUT2D eigenvalue weighted by Crippen LogP contribution is 2.37. The van der Waals surface area contributed by atoms with Crippen molar-refractivity contribution >= 4 is 22.5 Å². The van der Waals surface area contributed by atoms with Gasteiger partial charge in [-0.1, -0.05) is 31.4 Å². The van der Waals surface area contributed by atoms with Gasteiger partial charge in [0.15, 0.2) is 5.82 Å². The number of para-hydroxylation sites is 2. The fourth-order valence-corrected chi connectivity index (χ4v) is 3.39. The zero-order chi connectivity index (χ0) is 19.7. The summed E-state index contributed by atoms with van der Waals surface area (Å²) in [5, 5.41) is 22.3. The van der Waals surface area contributed by atoms with E-state index in [0.29, 0.717) is 23.9 Å². The number of halogens is 3. The highest BCUT2D eigenvalue weighted by molar-refractivity contribution is 5.86. The van der Waals surface area contributed by atoms with Gasteiger partial charge in [0.2, 0.25) is 0 Å². The Bertz CT molecular complexity index is 901. The van der Waals surface area contributed by atoms with Crippen molar-refractivity contribution in [1.29, 1.82) is 5.26 Å². The van der Waals surface area contributed by atoms with E-state index in [0.717, 1.165) is 6.42 Å². The van der Waals surface area contributed by atoms with Crippen molar-refractivity contribution in [2.75, 3.05) is 0 Å². The number of imidazole rings is 1. The predicted octanol–water partition coefficient (Wildman–Crippen LogP) is 3.74. The lowest BCUT2D eigenvalue weighted by Crippen LogP contribution is -2.55. The van der Waals surface area contributed by atoms with E-state index < -0.39 is 23.4 Å². The molecule has 3 rings (SSSR count). The van der Waals surface area contributed by atoms with Gasteiger partial charge >= 0.3 is 12.1 Å². The van der Waals surface area contributed by atoms with Crippen molar-refractivity contribution in [3.8, 4) is 6.07 Å². The first kappa shape index (κ1) is 18.8. The summed E-state index contributed by atoms with van der Waals surface area (Å²) < 4.78 is 38.4. The van der Waals surface area contributed by atoms with Crippen molar-refractivity contribution < 1.29 is 23.1 Å². The average Bonchev–Trinajstić information content (AvgIpc) is 3.06. The van der Waals surface area contributed by atoms with E-state index in [9.17, 15) is 28.3 Å². The van der Waals surface area contributed by atoms with Crippen LogP contribution in [0.25, 0.3) is 16.6 Å². The quantitative estimate of drug-likeness (QED) is 0.559. The molecule has 2 aromatic rings. The monoisotopic (exact) mass is 378 g/mol. The molecule has 0 saturated heterocycles. The minimum Gasteiger partial charge on any atom is -0.508 e. The minimum atomic E-state index is -5.09. The fourth-order valence-electron chi connectivity index (χ4n) is 3.39. The number of carbonyl (C=O) groups is 1. The number of hydrogen-bond acceptors (Lipinski definition) is 4. The van der Waals surface area contributed by atoms with Gasteiger partial charge in [0.05, 0.1) is 16.6 Å². The van der Waals surface area contributed by atoms with Crippen LogP contribution in [0.1, 0.15) is 37.9 Å². The molecule has 1 aliphatic carbocycles. The Morgan fingerprint density at radius 3 is 2.52 bits per heavy atom. The number of aliphatic hydroxyl groups excluding tert-OH is 1. The molecular weight excluding hydrogens is 361 g/mol. The van der Waals surface area contributed by atoms with Crippen LogP contribution < -0.4 is 5.32 Å². The van der Waals surface area contributed by atoms with Crippen LogP contribution in [0.3, 0.4) is 0 Å². The van der Waals surface area contributed by atoms with Gasteiger partial charge in [-0.05, 0) is 25.0 Å². The summed E-state index contributed by atoms with van der Waals surface area (Å²) in [5.74, 6) is -2.69. The second-order valence-corrected chi connectivity index (χ2v) is 6.53. The highest BCUT2D eigenvalue weighted by Gasteiger charge is 2.47. The van der Waals surface area contributed by atoms with Gasteiger partial charge in [-0.3, -0.25) is 4.79 Å². The van der Waals surface area contributed by atoms with Crippen LogP contribution >= 0.6 is 0 Å². The largest absolute Gasteiger partial charge is 0.508 e. The average molecular weight is 378 g/mol. The van der Waals surface area contributed by atoms with Crippen molar-refractivity contribution in [1.82, 2.24) is 15.3 Å². The third-order valence-electron chi connectivity index (χ3n) is 4.75. The number of nitrogens with one attached hydrogen (secondary N) is 2. The Morgan fingerprint density at radius 2 is 1.93 bits per heavy atom. The lowest BCUT2D eigenvalue weighted by Gasteiger charge is -2.38. The van der Waals surface area contributed by atoms with E-state index in [4.69, 9.17) is 0 Å². The van der Waals surface area contributed by atoms with Crippen LogP contribution in [-0.4, -0.2) is 32.7 Å². The summed E-state index contributed by atoms with van der Waals surface area (Å²) in [7, 11) is 0. The van der Waals surface area contributed by atoms with E-state index in [-0.39, 0.29) is 24.2 Å². The molecule has 0 atom stereocenters. The van der Waals surface area contributed by atoms with Gasteiger partial charge in [-0.2, -0.15) is 18.4 Å². The Balaban J connectivity index is 2.08. The van der Waals surface area contributed by atoms with Crippen LogP contribution in [0, 0.1) is 11.3 Å². The lowest BCUT2D eigenvalue weighted by molar-refractivity contribution is -0.176. The molecule has 1 saturated carbocycles. The number of nitrogens with zero attached hydrogens (tertiary/aromatic N) is 2. The Labute approximate surface area is 152 Å². The molecule has 1 amide bonds. The maximum absolute atomic E-state index is 12.8. The third kappa shape index (κ3) is 3.60. The molecule has 0 spiro atoms. The molecule has 3 N–H and O–H groups in total. The number of allylic oxidation sites excluding steroid dienone is 1. The second kappa shape index (κ2) is 6.95. The summed E-state index contributed by atoms with van der Waals surface area (Å²) in [6, 6.07) is 8.74. The number of aromatic nitrogens is 2. The van der Waals surface area contributed by atoms with Crippen LogP contribution in [0.4, 0.5) is 13.2 Å². The summed E-state index contributed by atoms with van der Waals surface area (Å²) in [4.78, 5) is 18.7. The first-order chi connectivity index (χ1) is 12.8. The Hall–Kier alpha value is -3.02. The van der Waals surface area contributed by atoms with Crippen molar-refractivity contribution in [2.45, 2.75) is 43.8 Å². The fraction of sp³-hybridized carbons (Fsp3) is 0.389. The number of aromatic amines is 1. The number of aliphatic hydroxyl groups is 1. The van der Waals surface area contributed by atoms with Crippen LogP contribution in [0.15, 0.2) is 30.0 Å². The summed E-state index contributed by atoms with van der Waals surface area (Å²) >= 11 is 0. The topological polar surface area (TPSA) is 102 Å². The number of nitriles is 1. The number of alkyl halides is 3. The molecule has 9 heteroatoms. The number of H-pyrrole nitrogens is 1. The summed E-state index contributed by atoms with van der Waals surface area (Å²) in [5.41, 5.74) is -0.764. The van der Waals surface area contributed by atoms with E-state index in [1.807, 2.05) is 11.4 Å². The van der Waals surface area contributed by atoms with Crippen LogP contribution in [0.2, 0.25) is 0 Å². The molecule has 1 heterocycles. The maximum atomic E-state index is 12.8. The number of carbonyl (C=O) groups excluding carboxylic acids is 1. The van der Waals surface area contributed by atoms with Gasteiger partial charge in [0.25, 0.3) is 0 Å². The second-order valence-electron chi connectivity index (χ2n) is 6.53. The Kier molecular flexibility index (Phi) is 4.83. The zero-order valence-corrected chi connectivity index (χ0v) is 14.2. The molecule has 0 bridgehead atoms. The number of fused-ring (bicyclic) bond motifs is 1. The van der Waals surface area contributed by atoms with Gasteiger partial charge < -0.3 is 15.4 Å². The standard InChI is InChI=1S/C18H17F3N4O2/c19-18(20,21)16(27)25-17(8-4-1-5-9-17)14(26)11(10-22)15-23-12-6-2-3-7-13(12)24-15/h2-3,6-7,26H,1,4-5,8-9H2,(H,23,24)(H,25,27)/b14-11-. The molecule has 6 nitrogen and oxygen atoms in total. The molecule has 0 radical (unpaired) electrons. The molecule has 0 unspecified atom stereocenters. The van der Waals surface area contributed by atoms with E-state index in [1.54, 1.807) is 24.3 Å². The molecule has 1 fully saturated rings. The van der Waals surface area contributed by atoms with Crippen molar-refractivity contribution in [3.63, 3.8) is 0 Å². The molecular formula is C18H17F3N4O2. The van der Waals surface area contributed by atoms with Gasteiger partial charge in [0.1, 0.15) is 17.4 Å². The molecule has 27 heavy (non-hydrogen) atoms. The van der Waals surface area contributed by atoms with Gasteiger partial charge in [-0.15, -0.1) is 0 Å². The minimum absolute atomic E-state index is 0.0439. The first-order valence-corrected chi connectivity index (χ1v) is 8.45. The summed E-state index contributed by atoms with van der Waals surface area (Å²) in [6.45, 7) is 0. The van der Waals surface area contributed by atoms with E-state index >= 15 is 0 Å². The van der Waals surface area contributed by atoms with Crippen LogP contribution in [0.5, 0.6) is 0 Å². The number of hydrogen-bond donors (Lipinski definition) is 3. The van der Waals surface area contributed by atoms with Crippen molar-refractivity contribution in [3.05, 3.63) is 35.8 Å². The molecule has 1 aromatic carbocycles. The highest BCUT2D eigenvalue weighted by atomic mass is 19.4. The third-order valence-corrected chi connectivity index (χ3v) is 4.75. The normalized spacial score (nSPS) is 17.9. The molecule has 1 aliphatic rings. The van der Waals surface area contributed by atoms with Crippen molar-refractivity contribution in [2.24, 2.45) is 0 Å². The zero-order valence-electron chi connectivity index (χ0n) is 14.2. The number of amides is 1. The molecule has 142 valence electrons.